The van der Waals surface area contributed by atoms with E-state index in [4.69, 9.17) is 4.99 Å². The third-order valence-corrected chi connectivity index (χ3v) is 7.36. The molecule has 1 amide bonds. The normalized spacial score (nSPS) is 17.6. The van der Waals surface area contributed by atoms with E-state index >= 15 is 0 Å². The summed E-state index contributed by atoms with van der Waals surface area (Å²) in [6, 6.07) is 19.0. The van der Waals surface area contributed by atoms with Gasteiger partial charge >= 0.3 is 0 Å². The molecule has 2 aromatic carbocycles. The van der Waals surface area contributed by atoms with Gasteiger partial charge in [-0.05, 0) is 49.4 Å². The zero-order valence-corrected chi connectivity index (χ0v) is 19.1. The average molecular weight is 437 g/mol. The second kappa shape index (κ2) is 10.2. The van der Waals surface area contributed by atoms with Gasteiger partial charge in [0.15, 0.2) is 5.96 Å². The Kier molecular flexibility index (Phi) is 7.17. The number of hydrogen-bond acceptors (Lipinski definition) is 3. The largest absolute Gasteiger partial charge is 0.357 e. The number of benzene rings is 2. The summed E-state index contributed by atoms with van der Waals surface area (Å²) in [5, 5.41) is 6.95. The maximum absolute atomic E-state index is 12.0. The first kappa shape index (κ1) is 21.8. The Balaban J connectivity index is 1.37. The van der Waals surface area contributed by atoms with Crippen molar-refractivity contribution in [3.05, 3.63) is 65.7 Å². The minimum Gasteiger partial charge on any atom is -0.357 e. The third-order valence-electron chi connectivity index (χ3n) is 5.87. The van der Waals surface area contributed by atoms with E-state index in [1.807, 2.05) is 22.7 Å². The highest BCUT2D eigenvalue weighted by Crippen LogP contribution is 2.51. The van der Waals surface area contributed by atoms with Crippen LogP contribution in [0.1, 0.15) is 43.7 Å². The van der Waals surface area contributed by atoms with Crippen molar-refractivity contribution in [1.82, 2.24) is 15.5 Å². The molecule has 1 saturated carbocycles. The van der Waals surface area contributed by atoms with E-state index in [9.17, 15) is 4.79 Å². The highest BCUT2D eigenvalue weighted by molar-refractivity contribution is 8.01. The van der Waals surface area contributed by atoms with Crippen LogP contribution < -0.4 is 10.6 Å². The van der Waals surface area contributed by atoms with Gasteiger partial charge in [-0.15, -0.1) is 11.8 Å². The minimum atomic E-state index is 0.263. The molecule has 31 heavy (non-hydrogen) atoms. The summed E-state index contributed by atoms with van der Waals surface area (Å²) in [5.41, 5.74) is 2.37. The zero-order valence-electron chi connectivity index (χ0n) is 18.3. The molecule has 1 aliphatic carbocycles. The van der Waals surface area contributed by atoms with Gasteiger partial charge in [0, 0.05) is 42.2 Å². The fourth-order valence-electron chi connectivity index (χ4n) is 3.89. The first-order chi connectivity index (χ1) is 15.2. The van der Waals surface area contributed by atoms with Gasteiger partial charge in [0.05, 0.1) is 6.54 Å². The standard InChI is InChI=1S/C25H32N4OS/c1-2-26-24(28-19-25(14-15-25)31-22-11-4-3-5-12-22)27-17-20-9-6-7-10-21(20)18-29-16-8-13-23(29)30/h3-7,9-12H,2,8,13-19H2,1H3,(H2,26,27,28). The molecule has 1 aliphatic heterocycles. The Labute approximate surface area is 189 Å². The molecular weight excluding hydrogens is 404 g/mol. The number of nitrogens with one attached hydrogen (secondary N) is 2. The van der Waals surface area contributed by atoms with Crippen LogP contribution in [0.25, 0.3) is 0 Å². The molecule has 164 valence electrons. The number of thioether (sulfide) groups is 1. The molecule has 0 unspecified atom stereocenters. The number of hydrogen-bond donors (Lipinski definition) is 2. The van der Waals surface area contributed by atoms with Crippen molar-refractivity contribution in [1.29, 1.82) is 0 Å². The predicted molar refractivity (Wildman–Crippen MR) is 128 cm³/mol. The second-order valence-electron chi connectivity index (χ2n) is 8.33. The van der Waals surface area contributed by atoms with E-state index in [0.29, 0.717) is 19.5 Å². The van der Waals surface area contributed by atoms with Crippen LogP contribution in [-0.4, -0.2) is 41.1 Å². The molecule has 0 atom stereocenters. The van der Waals surface area contributed by atoms with Crippen molar-refractivity contribution in [2.75, 3.05) is 19.6 Å². The molecule has 0 radical (unpaired) electrons. The van der Waals surface area contributed by atoms with Crippen molar-refractivity contribution in [3.8, 4) is 0 Å². The van der Waals surface area contributed by atoms with E-state index < -0.39 is 0 Å². The van der Waals surface area contributed by atoms with Crippen molar-refractivity contribution >= 4 is 23.6 Å². The van der Waals surface area contributed by atoms with E-state index in [-0.39, 0.29) is 10.7 Å². The van der Waals surface area contributed by atoms with Gasteiger partial charge in [-0.25, -0.2) is 4.99 Å². The summed E-state index contributed by atoms with van der Waals surface area (Å²) in [7, 11) is 0. The van der Waals surface area contributed by atoms with Crippen LogP contribution in [0.4, 0.5) is 0 Å². The fraction of sp³-hybridized carbons (Fsp3) is 0.440. The number of rotatable bonds is 9. The number of guanidine groups is 1. The molecule has 6 heteroatoms. The summed E-state index contributed by atoms with van der Waals surface area (Å²) in [5.74, 6) is 1.12. The van der Waals surface area contributed by atoms with E-state index in [1.165, 1.54) is 28.9 Å². The Bertz CT molecular complexity index is 911. The molecule has 4 rings (SSSR count). The van der Waals surface area contributed by atoms with Crippen molar-refractivity contribution in [3.63, 3.8) is 0 Å². The maximum Gasteiger partial charge on any atom is 0.222 e. The van der Waals surface area contributed by atoms with Crippen LogP contribution >= 0.6 is 11.8 Å². The van der Waals surface area contributed by atoms with Crippen molar-refractivity contribution in [2.45, 2.75) is 55.3 Å². The van der Waals surface area contributed by atoms with Gasteiger partial charge in [0.25, 0.3) is 0 Å². The summed E-state index contributed by atoms with van der Waals surface area (Å²) >= 11 is 1.97. The summed E-state index contributed by atoms with van der Waals surface area (Å²) in [6.07, 6.45) is 4.10. The molecule has 5 nitrogen and oxygen atoms in total. The predicted octanol–water partition coefficient (Wildman–Crippen LogP) is 4.19. The third kappa shape index (κ3) is 6.03. The molecule has 2 aliphatic rings. The summed E-state index contributed by atoms with van der Waals surface area (Å²) in [6.45, 7) is 5.98. The van der Waals surface area contributed by atoms with Gasteiger partial charge in [-0.2, -0.15) is 0 Å². The van der Waals surface area contributed by atoms with E-state index in [0.717, 1.165) is 32.0 Å². The molecule has 2 N–H and O–H groups in total. The van der Waals surface area contributed by atoms with Crippen molar-refractivity contribution in [2.24, 2.45) is 4.99 Å². The van der Waals surface area contributed by atoms with Gasteiger partial charge in [-0.1, -0.05) is 42.5 Å². The molecular formula is C25H32N4OS. The minimum absolute atomic E-state index is 0.263. The lowest BCUT2D eigenvalue weighted by Gasteiger charge is -2.19. The van der Waals surface area contributed by atoms with Gasteiger partial charge < -0.3 is 15.5 Å². The molecule has 2 aromatic rings. The Morgan fingerprint density at radius 2 is 1.81 bits per heavy atom. The zero-order chi connectivity index (χ0) is 21.5. The van der Waals surface area contributed by atoms with Crippen LogP contribution in [0.3, 0.4) is 0 Å². The highest BCUT2D eigenvalue weighted by atomic mass is 32.2. The van der Waals surface area contributed by atoms with Crippen LogP contribution in [0.5, 0.6) is 0 Å². The molecule has 0 bridgehead atoms. The molecule has 0 spiro atoms. The Hall–Kier alpha value is -2.47. The molecule has 2 fully saturated rings. The number of aliphatic imine (C=N–C) groups is 1. The van der Waals surface area contributed by atoms with Gasteiger partial charge in [-0.3, -0.25) is 4.79 Å². The Morgan fingerprint density at radius 3 is 2.48 bits per heavy atom. The SMILES string of the molecule is CCNC(=NCc1ccccc1CN1CCCC1=O)NCC1(Sc2ccccc2)CC1. The number of nitrogens with zero attached hydrogens (tertiary/aromatic N) is 2. The number of amides is 1. The maximum atomic E-state index is 12.0. The van der Waals surface area contributed by atoms with Gasteiger partial charge in [0.1, 0.15) is 0 Å². The van der Waals surface area contributed by atoms with Crippen LogP contribution in [0.2, 0.25) is 0 Å². The lowest BCUT2D eigenvalue weighted by atomic mass is 10.1. The number of carbonyl (C=O) groups is 1. The van der Waals surface area contributed by atoms with Crippen molar-refractivity contribution < 1.29 is 4.79 Å². The quantitative estimate of drug-likeness (QED) is 0.457. The summed E-state index contributed by atoms with van der Waals surface area (Å²) in [4.78, 5) is 20.2. The van der Waals surface area contributed by atoms with Crippen LogP contribution in [0, 0.1) is 0 Å². The fourth-order valence-corrected chi connectivity index (χ4v) is 5.13. The molecule has 1 saturated heterocycles. The van der Waals surface area contributed by atoms with Crippen LogP contribution in [0.15, 0.2) is 64.5 Å². The molecule has 1 heterocycles. The van der Waals surface area contributed by atoms with Gasteiger partial charge in [0.2, 0.25) is 5.91 Å². The number of carbonyl (C=O) groups excluding carboxylic acids is 1. The second-order valence-corrected chi connectivity index (χ2v) is 9.88. The monoisotopic (exact) mass is 436 g/mol. The Morgan fingerprint density at radius 1 is 1.06 bits per heavy atom. The van der Waals surface area contributed by atoms with Crippen LogP contribution in [-0.2, 0) is 17.9 Å². The smallest absolute Gasteiger partial charge is 0.222 e. The highest BCUT2D eigenvalue weighted by Gasteiger charge is 2.43. The van der Waals surface area contributed by atoms with E-state index in [1.54, 1.807) is 0 Å². The first-order valence-electron chi connectivity index (χ1n) is 11.3. The first-order valence-corrected chi connectivity index (χ1v) is 12.1. The average Bonchev–Trinajstić information content (AvgIpc) is 3.44. The summed E-state index contributed by atoms with van der Waals surface area (Å²) < 4.78 is 0.269. The molecule has 0 aromatic heterocycles. The number of likely N-dealkylation sites (tertiary alicyclic amines) is 1. The lowest BCUT2D eigenvalue weighted by Crippen LogP contribution is -2.41. The topological polar surface area (TPSA) is 56.7 Å². The van der Waals surface area contributed by atoms with E-state index in [2.05, 4.69) is 66.1 Å². The lowest BCUT2D eigenvalue weighted by molar-refractivity contribution is -0.128.